The van der Waals surface area contributed by atoms with Crippen molar-refractivity contribution in [2.75, 3.05) is 0 Å². The van der Waals surface area contributed by atoms with E-state index in [0.29, 0.717) is 6.42 Å². The van der Waals surface area contributed by atoms with Crippen LogP contribution in [0.2, 0.25) is 0 Å². The lowest BCUT2D eigenvalue weighted by Gasteiger charge is -2.02. The molecule has 0 aromatic carbocycles. The van der Waals surface area contributed by atoms with Crippen LogP contribution < -0.4 is 0 Å². The van der Waals surface area contributed by atoms with Gasteiger partial charge in [0.2, 0.25) is 0 Å². The van der Waals surface area contributed by atoms with E-state index in [2.05, 4.69) is 4.74 Å². The highest BCUT2D eigenvalue weighted by atomic mass is 16.5. The van der Waals surface area contributed by atoms with Gasteiger partial charge in [0.1, 0.15) is 12.2 Å². The molecular weight excluding hydrogens is 170 g/mol. The monoisotopic (exact) mass is 185 g/mol. The Morgan fingerprint density at radius 3 is 2.46 bits per heavy atom. The predicted octanol–water partition coefficient (Wildman–Crippen LogP) is 1.68. The van der Waals surface area contributed by atoms with Gasteiger partial charge in [0.25, 0.3) is 0 Å². The van der Waals surface area contributed by atoms with Crippen LogP contribution in [0.5, 0.6) is 0 Å². The third kappa shape index (κ3) is 7.18. The molecule has 0 atom stereocenters. The van der Waals surface area contributed by atoms with Crippen molar-refractivity contribution in [3.63, 3.8) is 0 Å². The molecule has 0 fully saturated rings. The first-order valence-electron chi connectivity index (χ1n) is 4.33. The Balaban J connectivity index is 3.65. The molecule has 0 amide bonds. The van der Waals surface area contributed by atoms with Crippen molar-refractivity contribution in [2.24, 2.45) is 0 Å². The van der Waals surface area contributed by atoms with Gasteiger partial charge in [-0.15, -0.1) is 0 Å². The van der Waals surface area contributed by atoms with Gasteiger partial charge in [-0.1, -0.05) is 13.3 Å². The van der Waals surface area contributed by atoms with Crippen molar-refractivity contribution >= 4 is 17.7 Å². The fourth-order valence-corrected chi connectivity index (χ4v) is 0.765. The molecule has 0 rings (SSSR count). The van der Waals surface area contributed by atoms with Gasteiger partial charge < -0.3 is 4.74 Å². The number of Topliss-reactive ketones (excluding diaryl/α,β-unsaturated/α-hetero) is 1. The van der Waals surface area contributed by atoms with Crippen molar-refractivity contribution in [3.05, 3.63) is 0 Å². The summed E-state index contributed by atoms with van der Waals surface area (Å²) in [6, 6.07) is 0. The summed E-state index contributed by atoms with van der Waals surface area (Å²) in [5, 5.41) is 7.21. The molecule has 13 heavy (non-hydrogen) atoms. The maximum absolute atomic E-state index is 10.8. The molecule has 0 saturated heterocycles. The molecule has 74 valence electrons. The van der Waals surface area contributed by atoms with E-state index >= 15 is 0 Å². The lowest BCUT2D eigenvalue weighted by Crippen LogP contribution is -2.13. The maximum atomic E-state index is 10.8. The highest BCUT2D eigenvalue weighted by Crippen LogP contribution is 1.98. The Kier molecular flexibility index (Phi) is 5.76. The Hall–Kier alpha value is -1.19. The number of nitrogens with one attached hydrogen (secondary N) is 1. The number of ketones is 1. The van der Waals surface area contributed by atoms with Crippen LogP contribution in [0, 0.1) is 5.41 Å². The molecule has 0 heterocycles. The summed E-state index contributed by atoms with van der Waals surface area (Å²) in [4.78, 5) is 21.3. The Bertz CT molecular complexity index is 211. The van der Waals surface area contributed by atoms with Crippen LogP contribution >= 0.6 is 0 Å². The van der Waals surface area contributed by atoms with Crippen LogP contribution in [0.25, 0.3) is 0 Å². The van der Waals surface area contributed by atoms with E-state index in [1.807, 2.05) is 6.92 Å². The highest BCUT2D eigenvalue weighted by Gasteiger charge is 2.08. The van der Waals surface area contributed by atoms with Gasteiger partial charge >= 0.3 is 5.97 Å². The van der Waals surface area contributed by atoms with Crippen LogP contribution in [-0.4, -0.2) is 17.7 Å². The molecule has 0 aliphatic carbocycles. The van der Waals surface area contributed by atoms with Gasteiger partial charge in [0.15, 0.2) is 5.90 Å². The minimum atomic E-state index is -0.631. The first kappa shape index (κ1) is 11.8. The number of carbonyl (C=O) groups is 2. The third-order valence-corrected chi connectivity index (χ3v) is 1.39. The van der Waals surface area contributed by atoms with Crippen LogP contribution in [-0.2, 0) is 14.3 Å². The highest BCUT2D eigenvalue weighted by molar-refractivity contribution is 5.98. The predicted molar refractivity (Wildman–Crippen MR) is 48.6 cm³/mol. The van der Waals surface area contributed by atoms with E-state index in [1.54, 1.807) is 0 Å². The molecule has 4 nitrogen and oxygen atoms in total. The molecule has 0 saturated carbocycles. The van der Waals surface area contributed by atoms with Gasteiger partial charge in [0.05, 0.1) is 0 Å². The molecule has 0 aliphatic heterocycles. The summed E-state index contributed by atoms with van der Waals surface area (Å²) >= 11 is 0. The second-order valence-corrected chi connectivity index (χ2v) is 2.88. The molecule has 0 bridgehead atoms. The van der Waals surface area contributed by atoms with Crippen molar-refractivity contribution < 1.29 is 14.3 Å². The normalized spacial score (nSPS) is 9.38. The third-order valence-electron chi connectivity index (χ3n) is 1.39. The van der Waals surface area contributed by atoms with Crippen molar-refractivity contribution in [3.8, 4) is 0 Å². The quantitative estimate of drug-likeness (QED) is 0.306. The van der Waals surface area contributed by atoms with Gasteiger partial charge in [-0.3, -0.25) is 15.0 Å². The van der Waals surface area contributed by atoms with Gasteiger partial charge in [-0.05, 0) is 13.3 Å². The van der Waals surface area contributed by atoms with E-state index in [9.17, 15) is 9.59 Å². The van der Waals surface area contributed by atoms with Crippen LogP contribution in [0.15, 0.2) is 0 Å². The zero-order chi connectivity index (χ0) is 10.3. The molecule has 0 aromatic rings. The summed E-state index contributed by atoms with van der Waals surface area (Å²) in [7, 11) is 0. The average molecular weight is 185 g/mol. The van der Waals surface area contributed by atoms with E-state index in [4.69, 9.17) is 5.41 Å². The zero-order valence-electron chi connectivity index (χ0n) is 8.05. The molecule has 0 radical (unpaired) electrons. The largest absolute Gasteiger partial charge is 0.412 e. The van der Waals surface area contributed by atoms with E-state index in [-0.39, 0.29) is 18.1 Å². The first-order chi connectivity index (χ1) is 6.06. The maximum Gasteiger partial charge on any atom is 0.319 e. The van der Waals surface area contributed by atoms with E-state index in [0.717, 1.165) is 12.8 Å². The lowest BCUT2D eigenvalue weighted by atomic mass is 10.2. The van der Waals surface area contributed by atoms with E-state index in [1.165, 1.54) is 6.92 Å². The molecule has 1 N–H and O–H groups in total. The molecular formula is C9H15NO3. The minimum absolute atomic E-state index is 0.0481. The summed E-state index contributed by atoms with van der Waals surface area (Å²) in [5.41, 5.74) is 0. The summed E-state index contributed by atoms with van der Waals surface area (Å²) < 4.78 is 4.59. The Morgan fingerprint density at radius 1 is 1.38 bits per heavy atom. The molecule has 0 spiro atoms. The van der Waals surface area contributed by atoms with Gasteiger partial charge in [-0.2, -0.15) is 0 Å². The molecule has 0 aromatic heterocycles. The topological polar surface area (TPSA) is 67.2 Å². The number of hydrogen-bond donors (Lipinski definition) is 1. The number of hydrogen-bond acceptors (Lipinski definition) is 4. The molecule has 0 unspecified atom stereocenters. The number of ether oxygens (including phenoxy) is 1. The van der Waals surface area contributed by atoms with Crippen LogP contribution in [0.1, 0.15) is 39.5 Å². The second kappa shape index (κ2) is 6.34. The summed E-state index contributed by atoms with van der Waals surface area (Å²) in [6.07, 6.45) is 1.99. The van der Waals surface area contributed by atoms with E-state index < -0.39 is 5.97 Å². The van der Waals surface area contributed by atoms with Crippen LogP contribution in [0.3, 0.4) is 0 Å². The summed E-state index contributed by atoms with van der Waals surface area (Å²) in [5.74, 6) is -0.921. The fourth-order valence-electron chi connectivity index (χ4n) is 0.765. The van der Waals surface area contributed by atoms with Gasteiger partial charge in [0, 0.05) is 6.42 Å². The SMILES string of the molecule is CCCCC(=N)OC(=O)CC(C)=O. The molecule has 0 aliphatic rings. The number of unbranched alkanes of at least 4 members (excludes halogenated alkanes) is 1. The fraction of sp³-hybridized carbons (Fsp3) is 0.667. The number of carbonyl (C=O) groups excluding carboxylic acids is 2. The van der Waals surface area contributed by atoms with Crippen molar-refractivity contribution in [1.29, 1.82) is 5.41 Å². The number of esters is 1. The Labute approximate surface area is 77.8 Å². The lowest BCUT2D eigenvalue weighted by molar-refractivity contribution is -0.138. The van der Waals surface area contributed by atoms with Crippen molar-refractivity contribution in [1.82, 2.24) is 0 Å². The first-order valence-corrected chi connectivity index (χ1v) is 4.33. The smallest absolute Gasteiger partial charge is 0.319 e. The minimum Gasteiger partial charge on any atom is -0.412 e. The second-order valence-electron chi connectivity index (χ2n) is 2.88. The Morgan fingerprint density at radius 2 is 2.00 bits per heavy atom. The summed E-state index contributed by atoms with van der Waals surface area (Å²) in [6.45, 7) is 3.31. The number of rotatable bonds is 5. The van der Waals surface area contributed by atoms with Crippen molar-refractivity contribution in [2.45, 2.75) is 39.5 Å². The molecule has 4 heteroatoms. The average Bonchev–Trinajstić information content (AvgIpc) is 1.98. The van der Waals surface area contributed by atoms with Crippen LogP contribution in [0.4, 0.5) is 0 Å². The standard InChI is InChI=1S/C9H15NO3/c1-3-4-5-8(10)13-9(12)6-7(2)11/h10H,3-6H2,1-2H3. The zero-order valence-corrected chi connectivity index (χ0v) is 8.05. The van der Waals surface area contributed by atoms with Gasteiger partial charge in [-0.25, -0.2) is 0 Å².